The molecule has 6 rings (SSSR count). The number of carbonyl (C=O) groups is 4. The van der Waals surface area contributed by atoms with Gasteiger partial charge in [-0.2, -0.15) is 0 Å². The third-order valence-corrected chi connectivity index (χ3v) is 10.4. The van der Waals surface area contributed by atoms with Crippen LogP contribution in [0.15, 0.2) is 78.9 Å². The van der Waals surface area contributed by atoms with E-state index in [4.69, 9.17) is 9.47 Å². The van der Waals surface area contributed by atoms with Gasteiger partial charge in [0.25, 0.3) is 5.91 Å². The minimum absolute atomic E-state index is 0.0386. The molecule has 4 aliphatic heterocycles. The lowest BCUT2D eigenvalue weighted by Gasteiger charge is -2.35. The molecule has 4 heterocycles. The van der Waals surface area contributed by atoms with E-state index < -0.39 is 41.7 Å². The number of fused-ring (bicyclic) bond motifs is 2. The number of likely N-dealkylation sites (tertiary alicyclic amines) is 1. The van der Waals surface area contributed by atoms with Crippen molar-refractivity contribution in [2.24, 2.45) is 11.8 Å². The van der Waals surface area contributed by atoms with Gasteiger partial charge in [-0.1, -0.05) is 54.6 Å². The third kappa shape index (κ3) is 6.81. The second-order valence-electron chi connectivity index (χ2n) is 13.3. The summed E-state index contributed by atoms with van der Waals surface area (Å²) in [5, 5.41) is 12.3. The van der Waals surface area contributed by atoms with Crippen molar-refractivity contribution < 1.29 is 33.8 Å². The van der Waals surface area contributed by atoms with E-state index in [1.54, 1.807) is 22.0 Å². The first-order valence-corrected chi connectivity index (χ1v) is 17.9. The molecular weight excluding hydrogens is 636 g/mol. The van der Waals surface area contributed by atoms with E-state index in [1.165, 1.54) is 0 Å². The van der Waals surface area contributed by atoms with Crippen LogP contribution in [0.5, 0.6) is 0 Å². The molecule has 50 heavy (non-hydrogen) atoms. The molecule has 1 spiro atoms. The van der Waals surface area contributed by atoms with Gasteiger partial charge in [0, 0.05) is 50.6 Å². The number of anilines is 2. The van der Waals surface area contributed by atoms with Crippen LogP contribution in [0, 0.1) is 11.8 Å². The van der Waals surface area contributed by atoms with Crippen molar-refractivity contribution in [1.29, 1.82) is 0 Å². The first kappa shape index (κ1) is 35.3. The average Bonchev–Trinajstić information content (AvgIpc) is 3.51. The van der Waals surface area contributed by atoms with Gasteiger partial charge < -0.3 is 34.6 Å². The molecule has 3 amide bonds. The topological polar surface area (TPSA) is 129 Å². The molecule has 6 atom stereocenters. The number of nitrogens with zero attached hydrogens (tertiary/aromatic N) is 3. The van der Waals surface area contributed by atoms with Crippen molar-refractivity contribution in [3.8, 4) is 0 Å². The van der Waals surface area contributed by atoms with E-state index in [-0.39, 0.29) is 50.4 Å². The number of hydrogen-bond donors (Lipinski definition) is 2. The summed E-state index contributed by atoms with van der Waals surface area (Å²) in [5.74, 6) is -3.43. The Morgan fingerprint density at radius 1 is 0.940 bits per heavy atom. The van der Waals surface area contributed by atoms with Crippen molar-refractivity contribution in [3.05, 3.63) is 84.5 Å². The Bertz CT molecular complexity index is 1590. The molecule has 2 aromatic carbocycles. The monoisotopic (exact) mass is 684 g/mol. The highest BCUT2D eigenvalue weighted by atomic mass is 16.6. The molecule has 0 aromatic heterocycles. The number of nitrogens with one attached hydrogen (secondary N) is 1. The maximum atomic E-state index is 14.8. The maximum Gasteiger partial charge on any atom is 0.313 e. The van der Waals surface area contributed by atoms with Gasteiger partial charge in [-0.15, -0.1) is 0 Å². The summed E-state index contributed by atoms with van der Waals surface area (Å²) in [6, 6.07) is 16.1. The minimum Gasteiger partial charge on any atom is -0.455 e. The van der Waals surface area contributed by atoms with E-state index in [1.807, 2.05) is 66.7 Å². The van der Waals surface area contributed by atoms with Crippen LogP contribution in [0.1, 0.15) is 57.6 Å². The molecule has 266 valence electrons. The zero-order valence-electron chi connectivity index (χ0n) is 28.9. The number of ether oxygens (including phenoxy) is 2. The second-order valence-corrected chi connectivity index (χ2v) is 13.3. The summed E-state index contributed by atoms with van der Waals surface area (Å²) in [6.07, 6.45) is 8.08. The van der Waals surface area contributed by atoms with Crippen LogP contribution in [0.2, 0.25) is 0 Å². The number of cyclic esters (lactones) is 1. The summed E-state index contributed by atoms with van der Waals surface area (Å²) < 4.78 is 13.0. The fourth-order valence-corrected chi connectivity index (χ4v) is 7.88. The molecule has 4 aliphatic rings. The van der Waals surface area contributed by atoms with Crippen LogP contribution in [0.25, 0.3) is 0 Å². The lowest BCUT2D eigenvalue weighted by atomic mass is 9.78. The summed E-state index contributed by atoms with van der Waals surface area (Å²) in [5.41, 5.74) is 1.05. The van der Waals surface area contributed by atoms with Crippen molar-refractivity contribution in [1.82, 2.24) is 10.2 Å². The number of aliphatic hydroxyl groups excluding tert-OH is 1. The summed E-state index contributed by atoms with van der Waals surface area (Å²) in [4.78, 5) is 62.0. The number of esters is 1. The zero-order chi connectivity index (χ0) is 35.3. The highest BCUT2D eigenvalue weighted by molar-refractivity contribution is 6.05. The summed E-state index contributed by atoms with van der Waals surface area (Å²) >= 11 is 0. The number of amides is 3. The molecule has 11 nitrogen and oxygen atoms in total. The fraction of sp³-hybridized carbons (Fsp3) is 0.487. The van der Waals surface area contributed by atoms with Gasteiger partial charge in [0.2, 0.25) is 11.8 Å². The molecule has 0 bridgehead atoms. The van der Waals surface area contributed by atoms with Crippen molar-refractivity contribution >= 4 is 35.1 Å². The van der Waals surface area contributed by atoms with Gasteiger partial charge >= 0.3 is 5.97 Å². The van der Waals surface area contributed by atoms with Crippen LogP contribution in [-0.2, 0) is 28.7 Å². The van der Waals surface area contributed by atoms with E-state index in [9.17, 15) is 24.3 Å². The molecule has 2 fully saturated rings. The van der Waals surface area contributed by atoms with E-state index in [0.29, 0.717) is 36.9 Å². The molecular formula is C39H48N4O7. The minimum atomic E-state index is -1.42. The van der Waals surface area contributed by atoms with Crippen molar-refractivity contribution in [2.45, 2.75) is 69.8 Å². The van der Waals surface area contributed by atoms with Gasteiger partial charge in [-0.3, -0.25) is 19.2 Å². The predicted molar refractivity (Wildman–Crippen MR) is 189 cm³/mol. The molecule has 0 radical (unpaired) electrons. The fourth-order valence-electron chi connectivity index (χ4n) is 7.88. The molecule has 0 saturated carbocycles. The Balaban J connectivity index is 1.38. The maximum absolute atomic E-state index is 14.8. The number of unbranched alkanes of at least 4 members (excludes halogenated alkanes) is 2. The first-order chi connectivity index (χ1) is 24.3. The Hall–Kier alpha value is -4.48. The standard InChI is InChI=1S/C39H48N4O7/c1-3-41(4-2)28-18-20-29(21-19-28)42-24-13-22-39-34(36(46)43(35(39)37(42)47)23-11-6-12-25-44)33-30(50-39)16-9-10-17-32(45)40-26-31(49-38(33)48)27-14-7-5-8-15-27/h5,7-9,13-16,18-22,30-31,33-35,44H,3-4,6,10-12,17,23-26H2,1-2H3,(H,40,45)/b16-9-/t30-,31+,33+,34+,35-,39+/m1/s1. The Morgan fingerprint density at radius 3 is 2.42 bits per heavy atom. The molecule has 2 aromatic rings. The number of allylic oxidation sites excluding steroid dienone is 1. The second kappa shape index (κ2) is 15.6. The number of rotatable bonds is 10. The highest BCUT2D eigenvalue weighted by Crippen LogP contribution is 2.53. The van der Waals surface area contributed by atoms with Gasteiger partial charge in [0.05, 0.1) is 18.6 Å². The lowest BCUT2D eigenvalue weighted by Crippen LogP contribution is -2.55. The van der Waals surface area contributed by atoms with Gasteiger partial charge in [0.1, 0.15) is 23.7 Å². The van der Waals surface area contributed by atoms with E-state index >= 15 is 0 Å². The molecule has 11 heteroatoms. The van der Waals surface area contributed by atoms with Gasteiger partial charge in [0.15, 0.2) is 0 Å². The normalized spacial score (nSPS) is 28.8. The van der Waals surface area contributed by atoms with Gasteiger partial charge in [-0.05, 0) is 69.4 Å². The number of hydrogen-bond acceptors (Lipinski definition) is 8. The SMILES string of the molecule is CCN(CC)c1ccc(N2CC=C[C@]34O[C@@H]5/C=C\CCC(=O)NC[C@@H](c6ccccc6)OC(=O)[C@@H]5[C@H]3C(=O)N(CCCCCO)[C@@H]4C2=O)cc1. The summed E-state index contributed by atoms with van der Waals surface area (Å²) in [6.45, 7) is 6.58. The largest absolute Gasteiger partial charge is 0.455 e. The smallest absolute Gasteiger partial charge is 0.313 e. The zero-order valence-corrected chi connectivity index (χ0v) is 28.9. The average molecular weight is 685 g/mol. The van der Waals surface area contributed by atoms with Crippen LogP contribution in [-0.4, -0.2) is 90.8 Å². The quantitative estimate of drug-likeness (QED) is 0.219. The Kier molecular flexibility index (Phi) is 11.0. The van der Waals surface area contributed by atoms with Crippen LogP contribution in [0.3, 0.4) is 0 Å². The number of benzene rings is 2. The van der Waals surface area contributed by atoms with Crippen LogP contribution in [0.4, 0.5) is 11.4 Å². The number of aliphatic hydroxyl groups is 1. The van der Waals surface area contributed by atoms with E-state index in [0.717, 1.165) is 18.8 Å². The molecule has 0 unspecified atom stereocenters. The summed E-state index contributed by atoms with van der Waals surface area (Å²) in [7, 11) is 0. The molecule has 0 aliphatic carbocycles. The van der Waals surface area contributed by atoms with Crippen molar-refractivity contribution in [2.75, 3.05) is 49.1 Å². The highest BCUT2D eigenvalue weighted by Gasteiger charge is 2.71. The van der Waals surface area contributed by atoms with Crippen molar-refractivity contribution in [3.63, 3.8) is 0 Å². The van der Waals surface area contributed by atoms with E-state index in [2.05, 4.69) is 24.1 Å². The van der Waals surface area contributed by atoms with Crippen LogP contribution < -0.4 is 15.1 Å². The predicted octanol–water partition coefficient (Wildman–Crippen LogP) is 3.93. The lowest BCUT2D eigenvalue weighted by molar-refractivity contribution is -0.159. The Labute approximate surface area is 293 Å². The van der Waals surface area contributed by atoms with Gasteiger partial charge in [-0.25, -0.2) is 0 Å². The number of carbonyl (C=O) groups excluding carboxylic acids is 4. The van der Waals surface area contributed by atoms with Crippen LogP contribution >= 0.6 is 0 Å². The molecule has 2 N–H and O–H groups in total. The first-order valence-electron chi connectivity index (χ1n) is 17.9. The Morgan fingerprint density at radius 2 is 1.70 bits per heavy atom. The molecule has 2 saturated heterocycles. The third-order valence-electron chi connectivity index (χ3n) is 10.4.